The summed E-state index contributed by atoms with van der Waals surface area (Å²) in [5.74, 6) is 1.40. The number of hydrogen-bond acceptors (Lipinski definition) is 6. The van der Waals surface area contributed by atoms with Gasteiger partial charge in [0.25, 0.3) is 0 Å². The minimum atomic E-state index is -3.59. The lowest BCUT2D eigenvalue weighted by molar-refractivity contribution is 0.382. The van der Waals surface area contributed by atoms with E-state index in [-0.39, 0.29) is 0 Å². The third-order valence-electron chi connectivity index (χ3n) is 5.67. The average Bonchev–Trinajstić information content (AvgIpc) is 2.81. The highest BCUT2D eigenvalue weighted by molar-refractivity contribution is 7.89. The fraction of sp³-hybridized carbons (Fsp3) is 0.304. The van der Waals surface area contributed by atoms with E-state index < -0.39 is 10.0 Å². The first-order valence-electron chi connectivity index (χ1n) is 10.3. The van der Waals surface area contributed by atoms with Gasteiger partial charge in [0.1, 0.15) is 5.75 Å². The number of aromatic nitrogens is 2. The maximum Gasteiger partial charge on any atom is 0.243 e. The van der Waals surface area contributed by atoms with Crippen molar-refractivity contribution in [1.29, 1.82) is 0 Å². The number of halogens is 1. The van der Waals surface area contributed by atoms with Crippen LogP contribution in [0.3, 0.4) is 0 Å². The van der Waals surface area contributed by atoms with Gasteiger partial charge >= 0.3 is 0 Å². The van der Waals surface area contributed by atoms with Gasteiger partial charge in [0.2, 0.25) is 10.0 Å². The number of sulfonamides is 1. The molecule has 0 unspecified atom stereocenters. The van der Waals surface area contributed by atoms with Crippen LogP contribution in [0.25, 0.3) is 11.3 Å². The fourth-order valence-electron chi connectivity index (χ4n) is 3.86. The number of aryl methyl sites for hydroxylation is 2. The molecule has 7 nitrogen and oxygen atoms in total. The minimum Gasteiger partial charge on any atom is -0.496 e. The van der Waals surface area contributed by atoms with Crippen molar-refractivity contribution in [3.63, 3.8) is 0 Å². The lowest BCUT2D eigenvalue weighted by atomic mass is 10.1. The second-order valence-corrected chi connectivity index (χ2v) is 10.0. The molecular weight excluding hydrogens is 448 g/mol. The molecule has 3 aromatic rings. The Morgan fingerprint density at radius 2 is 1.66 bits per heavy atom. The van der Waals surface area contributed by atoms with E-state index in [0.717, 1.165) is 11.1 Å². The average molecular weight is 473 g/mol. The number of nitrogens with zero attached hydrogens (tertiary/aromatic N) is 4. The Labute approximate surface area is 193 Å². The van der Waals surface area contributed by atoms with Crippen molar-refractivity contribution in [3.05, 3.63) is 64.7 Å². The van der Waals surface area contributed by atoms with Gasteiger partial charge in [-0.15, -0.1) is 10.2 Å². The summed E-state index contributed by atoms with van der Waals surface area (Å²) >= 11 is 6.25. The summed E-state index contributed by atoms with van der Waals surface area (Å²) in [5, 5.41) is 9.29. The highest BCUT2D eigenvalue weighted by Gasteiger charge is 2.30. The molecule has 1 fully saturated rings. The number of methoxy groups -OCH3 is 1. The Kier molecular flexibility index (Phi) is 6.37. The van der Waals surface area contributed by atoms with Crippen LogP contribution in [0.4, 0.5) is 5.82 Å². The number of rotatable bonds is 5. The van der Waals surface area contributed by atoms with E-state index in [1.807, 2.05) is 48.2 Å². The first-order chi connectivity index (χ1) is 15.3. The van der Waals surface area contributed by atoms with Crippen molar-refractivity contribution in [2.45, 2.75) is 18.7 Å². The molecule has 2 heterocycles. The molecule has 2 aromatic carbocycles. The van der Waals surface area contributed by atoms with Crippen molar-refractivity contribution in [2.24, 2.45) is 0 Å². The van der Waals surface area contributed by atoms with Crippen molar-refractivity contribution < 1.29 is 13.2 Å². The molecule has 1 aliphatic heterocycles. The maximum atomic E-state index is 13.3. The van der Waals surface area contributed by atoms with Crippen molar-refractivity contribution in [3.8, 4) is 17.0 Å². The largest absolute Gasteiger partial charge is 0.496 e. The summed E-state index contributed by atoms with van der Waals surface area (Å²) < 4.78 is 33.4. The van der Waals surface area contributed by atoms with Gasteiger partial charge in [0.05, 0.1) is 22.7 Å². The molecule has 4 rings (SSSR count). The van der Waals surface area contributed by atoms with Gasteiger partial charge in [-0.3, -0.25) is 0 Å². The molecule has 0 bridgehead atoms. The van der Waals surface area contributed by atoms with Crippen molar-refractivity contribution in [1.82, 2.24) is 14.5 Å². The van der Waals surface area contributed by atoms with E-state index in [1.54, 1.807) is 26.2 Å². The number of anilines is 1. The third kappa shape index (κ3) is 4.30. The summed E-state index contributed by atoms with van der Waals surface area (Å²) in [7, 11) is -2.01. The van der Waals surface area contributed by atoms with Crippen LogP contribution in [0, 0.1) is 13.8 Å². The van der Waals surface area contributed by atoms with Crippen LogP contribution in [-0.2, 0) is 10.0 Å². The van der Waals surface area contributed by atoms with Crippen LogP contribution in [0.1, 0.15) is 11.1 Å². The monoisotopic (exact) mass is 472 g/mol. The van der Waals surface area contributed by atoms with E-state index in [1.165, 1.54) is 4.31 Å². The topological polar surface area (TPSA) is 75.6 Å². The molecule has 168 valence electrons. The summed E-state index contributed by atoms with van der Waals surface area (Å²) in [6, 6.07) is 14.7. The molecule has 0 spiro atoms. The zero-order valence-corrected chi connectivity index (χ0v) is 19.8. The fourth-order valence-corrected chi connectivity index (χ4v) is 5.81. The van der Waals surface area contributed by atoms with E-state index in [9.17, 15) is 8.42 Å². The second-order valence-electron chi connectivity index (χ2n) is 7.74. The maximum absolute atomic E-state index is 13.3. The van der Waals surface area contributed by atoms with Crippen LogP contribution >= 0.6 is 11.6 Å². The number of hydrogen-bond donors (Lipinski definition) is 0. The molecule has 0 radical (unpaired) electrons. The van der Waals surface area contributed by atoms with Gasteiger partial charge in [-0.25, -0.2) is 8.42 Å². The van der Waals surface area contributed by atoms with Gasteiger partial charge < -0.3 is 9.64 Å². The second kappa shape index (κ2) is 9.05. The van der Waals surface area contributed by atoms with Crippen LogP contribution in [0.2, 0.25) is 5.02 Å². The minimum absolute atomic E-state index is 0.327. The summed E-state index contributed by atoms with van der Waals surface area (Å²) in [6.07, 6.45) is 0. The quantitative estimate of drug-likeness (QED) is 0.560. The molecule has 0 aliphatic carbocycles. The van der Waals surface area contributed by atoms with Crippen molar-refractivity contribution >= 4 is 27.4 Å². The SMILES string of the molecule is COc1cc(C)c(S(=O)(=O)N2CCN(c3ccc(-c4ccccc4Cl)nn3)CC2)cc1C. The molecule has 1 aliphatic rings. The highest BCUT2D eigenvalue weighted by Crippen LogP contribution is 2.29. The number of piperazine rings is 1. The molecule has 0 saturated carbocycles. The van der Waals surface area contributed by atoms with E-state index in [2.05, 4.69) is 10.2 Å². The smallest absolute Gasteiger partial charge is 0.243 e. The Balaban J connectivity index is 1.47. The molecule has 32 heavy (non-hydrogen) atoms. The van der Waals surface area contributed by atoms with Gasteiger partial charge in [-0.1, -0.05) is 29.8 Å². The Morgan fingerprint density at radius 1 is 0.938 bits per heavy atom. The standard InChI is InChI=1S/C23H25ClN4O3S/c1-16-15-22(17(2)14-21(16)31-3)32(29,30)28-12-10-27(11-13-28)23-9-8-20(25-26-23)18-6-4-5-7-19(18)24/h4-9,14-15H,10-13H2,1-3H3. The summed E-state index contributed by atoms with van der Waals surface area (Å²) in [6.45, 7) is 5.46. The molecule has 0 N–H and O–H groups in total. The van der Waals surface area contributed by atoms with E-state index in [0.29, 0.717) is 58.9 Å². The molecule has 1 saturated heterocycles. The Hall–Kier alpha value is -2.68. The van der Waals surface area contributed by atoms with Crippen LogP contribution < -0.4 is 9.64 Å². The molecule has 9 heteroatoms. The predicted molar refractivity (Wildman–Crippen MR) is 126 cm³/mol. The summed E-state index contributed by atoms with van der Waals surface area (Å²) in [5.41, 5.74) is 3.00. The molecule has 0 atom stereocenters. The van der Waals surface area contributed by atoms with Crippen LogP contribution in [0.5, 0.6) is 5.75 Å². The van der Waals surface area contributed by atoms with Gasteiger partial charge in [0, 0.05) is 31.7 Å². The zero-order chi connectivity index (χ0) is 22.9. The van der Waals surface area contributed by atoms with Crippen LogP contribution in [-0.4, -0.2) is 56.2 Å². The third-order valence-corrected chi connectivity index (χ3v) is 8.04. The predicted octanol–water partition coefficient (Wildman–Crippen LogP) is 3.93. The van der Waals surface area contributed by atoms with E-state index >= 15 is 0 Å². The van der Waals surface area contributed by atoms with Crippen LogP contribution in [0.15, 0.2) is 53.4 Å². The number of ether oxygens (including phenoxy) is 1. The Morgan fingerprint density at radius 3 is 2.28 bits per heavy atom. The lowest BCUT2D eigenvalue weighted by Gasteiger charge is -2.34. The normalized spacial score (nSPS) is 15.1. The first kappa shape index (κ1) is 22.5. The highest BCUT2D eigenvalue weighted by atomic mass is 35.5. The van der Waals surface area contributed by atoms with Gasteiger partial charge in [-0.05, 0) is 55.3 Å². The van der Waals surface area contributed by atoms with Gasteiger partial charge in [0.15, 0.2) is 5.82 Å². The summed E-state index contributed by atoms with van der Waals surface area (Å²) in [4.78, 5) is 2.37. The Bertz CT molecular complexity index is 1220. The number of benzene rings is 2. The molecular formula is C23H25ClN4O3S. The first-order valence-corrected chi connectivity index (χ1v) is 12.1. The zero-order valence-electron chi connectivity index (χ0n) is 18.2. The van der Waals surface area contributed by atoms with Gasteiger partial charge in [-0.2, -0.15) is 4.31 Å². The van der Waals surface area contributed by atoms with Crippen molar-refractivity contribution in [2.75, 3.05) is 38.2 Å². The van der Waals surface area contributed by atoms with E-state index in [4.69, 9.17) is 16.3 Å². The lowest BCUT2D eigenvalue weighted by Crippen LogP contribution is -2.49. The molecule has 0 amide bonds. The molecule has 1 aromatic heterocycles.